The number of fused-ring (bicyclic) bond motifs is 1. The first kappa shape index (κ1) is 21.5. The van der Waals surface area contributed by atoms with E-state index in [-0.39, 0.29) is 12.1 Å². The van der Waals surface area contributed by atoms with Crippen molar-refractivity contribution in [3.63, 3.8) is 0 Å². The molecule has 5 rings (SSSR count). The number of para-hydroxylation sites is 1. The third-order valence-electron chi connectivity index (χ3n) is 6.04. The number of likely N-dealkylation sites (tertiary alicyclic amines) is 1. The molecule has 4 aromatic rings. The van der Waals surface area contributed by atoms with Crippen LogP contribution in [0.1, 0.15) is 24.8 Å². The topological polar surface area (TPSA) is 61.6 Å². The molecule has 1 N–H and O–H groups in total. The molecule has 1 unspecified atom stereocenters. The van der Waals surface area contributed by atoms with Gasteiger partial charge in [0.25, 0.3) is 0 Å². The number of anilines is 2. The van der Waals surface area contributed by atoms with Crippen molar-refractivity contribution >= 4 is 44.4 Å². The summed E-state index contributed by atoms with van der Waals surface area (Å²) in [4.78, 5) is 21.7. The first-order valence-corrected chi connectivity index (χ1v) is 11.8. The van der Waals surface area contributed by atoms with Crippen molar-refractivity contribution in [1.82, 2.24) is 9.88 Å². The molecule has 0 spiro atoms. The van der Waals surface area contributed by atoms with Gasteiger partial charge in [0.1, 0.15) is 11.6 Å². The number of halogens is 1. The fraction of sp³-hybridized carbons (Fsp3) is 0.231. The van der Waals surface area contributed by atoms with Crippen LogP contribution < -0.4 is 10.2 Å². The van der Waals surface area contributed by atoms with Gasteiger partial charge < -0.3 is 19.5 Å². The number of nitrogens with zero attached hydrogens (tertiary/aromatic N) is 3. The number of hydrogen-bond acceptors (Lipinski definition) is 4. The third kappa shape index (κ3) is 4.33. The summed E-state index contributed by atoms with van der Waals surface area (Å²) in [6.07, 6.45) is 1.74. The van der Waals surface area contributed by atoms with Crippen LogP contribution in [0.25, 0.3) is 22.2 Å². The molecule has 7 heteroatoms. The lowest BCUT2D eigenvalue weighted by Gasteiger charge is -2.23. The lowest BCUT2D eigenvalue weighted by molar-refractivity contribution is 0.199. The number of benzene rings is 3. The maximum atomic E-state index is 13.0. The van der Waals surface area contributed by atoms with Gasteiger partial charge in [0.2, 0.25) is 5.89 Å². The molecule has 1 aromatic heterocycles. The Morgan fingerprint density at radius 3 is 2.61 bits per heavy atom. The van der Waals surface area contributed by atoms with E-state index in [4.69, 9.17) is 9.40 Å². The molecule has 33 heavy (non-hydrogen) atoms. The van der Waals surface area contributed by atoms with E-state index >= 15 is 0 Å². The average molecular weight is 505 g/mol. The summed E-state index contributed by atoms with van der Waals surface area (Å²) in [5.74, 6) is 0.588. The van der Waals surface area contributed by atoms with Gasteiger partial charge in [-0.05, 0) is 76.3 Å². The second-order valence-electron chi connectivity index (χ2n) is 8.44. The molecule has 168 valence electrons. The number of aromatic nitrogens is 1. The Balaban J connectivity index is 1.39. The van der Waals surface area contributed by atoms with Gasteiger partial charge >= 0.3 is 6.03 Å². The Morgan fingerprint density at radius 1 is 1.09 bits per heavy atom. The highest BCUT2D eigenvalue weighted by Crippen LogP contribution is 2.35. The number of rotatable bonds is 4. The van der Waals surface area contributed by atoms with Gasteiger partial charge in [-0.25, -0.2) is 9.78 Å². The number of oxazole rings is 1. The number of urea groups is 1. The Hall–Kier alpha value is -3.32. The van der Waals surface area contributed by atoms with Gasteiger partial charge in [0.05, 0.1) is 5.69 Å². The van der Waals surface area contributed by atoms with E-state index in [1.54, 1.807) is 0 Å². The average Bonchev–Trinajstić information content (AvgIpc) is 3.47. The van der Waals surface area contributed by atoms with E-state index in [0.717, 1.165) is 50.9 Å². The number of amides is 2. The predicted molar refractivity (Wildman–Crippen MR) is 136 cm³/mol. The molecular weight excluding hydrogens is 480 g/mol. The van der Waals surface area contributed by atoms with Crippen molar-refractivity contribution in [3.8, 4) is 11.1 Å². The predicted octanol–water partition coefficient (Wildman–Crippen LogP) is 6.69. The zero-order valence-corrected chi connectivity index (χ0v) is 20.2. The van der Waals surface area contributed by atoms with Crippen molar-refractivity contribution in [3.05, 3.63) is 77.1 Å². The zero-order chi connectivity index (χ0) is 22.9. The van der Waals surface area contributed by atoms with Crippen molar-refractivity contribution in [2.45, 2.75) is 18.9 Å². The van der Waals surface area contributed by atoms with Crippen LogP contribution in [0.3, 0.4) is 0 Å². The lowest BCUT2D eigenvalue weighted by Crippen LogP contribution is -2.34. The molecule has 1 saturated heterocycles. The van der Waals surface area contributed by atoms with Gasteiger partial charge in [0, 0.05) is 30.8 Å². The first-order chi connectivity index (χ1) is 16.0. The van der Waals surface area contributed by atoms with Gasteiger partial charge in [-0.2, -0.15) is 0 Å². The SMILES string of the molecule is CN(C)c1ccc(-c2ccc3oc(C4CCCN4C(=O)Nc4ccccc4Br)nc3c2)cc1. The Morgan fingerprint density at radius 2 is 1.85 bits per heavy atom. The number of carbonyl (C=O) groups is 1. The second kappa shape index (κ2) is 8.90. The maximum Gasteiger partial charge on any atom is 0.322 e. The molecule has 0 radical (unpaired) electrons. The van der Waals surface area contributed by atoms with Gasteiger partial charge in [0.15, 0.2) is 5.58 Å². The second-order valence-corrected chi connectivity index (χ2v) is 9.29. The van der Waals surface area contributed by atoms with Crippen LogP contribution in [0, 0.1) is 0 Å². The van der Waals surface area contributed by atoms with E-state index in [9.17, 15) is 4.79 Å². The molecule has 2 amide bonds. The Kier molecular flexibility index (Phi) is 5.81. The molecule has 2 heterocycles. The van der Waals surface area contributed by atoms with E-state index < -0.39 is 0 Å². The quantitative estimate of drug-likeness (QED) is 0.336. The molecule has 0 bridgehead atoms. The fourth-order valence-electron chi connectivity index (χ4n) is 4.24. The summed E-state index contributed by atoms with van der Waals surface area (Å²) in [7, 11) is 4.06. The summed E-state index contributed by atoms with van der Waals surface area (Å²) in [5, 5.41) is 3.00. The number of nitrogens with one attached hydrogen (secondary N) is 1. The zero-order valence-electron chi connectivity index (χ0n) is 18.6. The van der Waals surface area contributed by atoms with Crippen LogP contribution in [0.2, 0.25) is 0 Å². The van der Waals surface area contributed by atoms with Crippen molar-refractivity contribution in [2.24, 2.45) is 0 Å². The summed E-state index contributed by atoms with van der Waals surface area (Å²) < 4.78 is 6.95. The summed E-state index contributed by atoms with van der Waals surface area (Å²) in [5.41, 5.74) is 5.65. The first-order valence-electron chi connectivity index (χ1n) is 11.0. The molecule has 6 nitrogen and oxygen atoms in total. The molecule has 1 aliphatic heterocycles. The van der Waals surface area contributed by atoms with Crippen LogP contribution in [0.15, 0.2) is 75.6 Å². The van der Waals surface area contributed by atoms with Crippen LogP contribution in [-0.2, 0) is 0 Å². The van der Waals surface area contributed by atoms with Crippen LogP contribution in [-0.4, -0.2) is 36.6 Å². The maximum absolute atomic E-state index is 13.0. The minimum Gasteiger partial charge on any atom is -0.438 e. The Bertz CT molecular complexity index is 1300. The van der Waals surface area contributed by atoms with E-state index in [2.05, 4.69) is 50.4 Å². The smallest absolute Gasteiger partial charge is 0.322 e. The highest BCUT2D eigenvalue weighted by molar-refractivity contribution is 9.10. The summed E-state index contributed by atoms with van der Waals surface area (Å²) in [6, 6.07) is 21.8. The molecule has 3 aromatic carbocycles. The molecule has 1 aliphatic rings. The lowest BCUT2D eigenvalue weighted by atomic mass is 10.0. The number of hydrogen-bond donors (Lipinski definition) is 1. The molecular formula is C26H25BrN4O2. The fourth-order valence-corrected chi connectivity index (χ4v) is 4.62. The largest absolute Gasteiger partial charge is 0.438 e. The minimum atomic E-state index is -0.178. The van der Waals surface area contributed by atoms with E-state index in [0.29, 0.717) is 12.4 Å². The minimum absolute atomic E-state index is 0.145. The molecule has 0 aliphatic carbocycles. The third-order valence-corrected chi connectivity index (χ3v) is 6.73. The number of carbonyl (C=O) groups excluding carboxylic acids is 1. The van der Waals surface area contributed by atoms with Gasteiger partial charge in [-0.15, -0.1) is 0 Å². The van der Waals surface area contributed by atoms with Crippen molar-refractivity contribution < 1.29 is 9.21 Å². The standard InChI is InChI=1S/C26H25BrN4O2/c1-30(2)19-12-9-17(10-13-19)18-11-14-24-22(16-18)28-25(33-24)23-8-5-15-31(23)26(32)29-21-7-4-3-6-20(21)27/h3-4,6-7,9-14,16,23H,5,8,15H2,1-2H3,(H,29,32). The summed E-state index contributed by atoms with van der Waals surface area (Å²) >= 11 is 3.49. The van der Waals surface area contributed by atoms with Gasteiger partial charge in [-0.3, -0.25) is 0 Å². The van der Waals surface area contributed by atoms with Crippen molar-refractivity contribution in [2.75, 3.05) is 30.9 Å². The van der Waals surface area contributed by atoms with E-state index in [1.807, 2.05) is 61.5 Å². The summed E-state index contributed by atoms with van der Waals surface area (Å²) in [6.45, 7) is 0.670. The van der Waals surface area contributed by atoms with E-state index in [1.165, 1.54) is 0 Å². The van der Waals surface area contributed by atoms with Crippen LogP contribution in [0.4, 0.5) is 16.2 Å². The highest BCUT2D eigenvalue weighted by atomic mass is 79.9. The van der Waals surface area contributed by atoms with Gasteiger partial charge in [-0.1, -0.05) is 30.3 Å². The van der Waals surface area contributed by atoms with Crippen LogP contribution in [0.5, 0.6) is 0 Å². The normalized spacial score (nSPS) is 15.7. The molecule has 0 saturated carbocycles. The molecule has 1 fully saturated rings. The monoisotopic (exact) mass is 504 g/mol. The van der Waals surface area contributed by atoms with Crippen LogP contribution >= 0.6 is 15.9 Å². The molecule has 1 atom stereocenters. The highest BCUT2D eigenvalue weighted by Gasteiger charge is 2.34. The van der Waals surface area contributed by atoms with Crippen molar-refractivity contribution in [1.29, 1.82) is 0 Å². The Labute approximate surface area is 201 Å².